The van der Waals surface area contributed by atoms with Gasteiger partial charge in [0.15, 0.2) is 0 Å². The van der Waals surface area contributed by atoms with Gasteiger partial charge in [-0.2, -0.15) is 0 Å². The molecule has 0 radical (unpaired) electrons. The van der Waals surface area contributed by atoms with Crippen molar-refractivity contribution in [1.29, 1.82) is 0 Å². The highest BCUT2D eigenvalue weighted by molar-refractivity contribution is 5.78. The monoisotopic (exact) mass is 364 g/mol. The van der Waals surface area contributed by atoms with E-state index in [2.05, 4.69) is 25.5 Å². The van der Waals surface area contributed by atoms with Crippen LogP contribution in [0.3, 0.4) is 0 Å². The van der Waals surface area contributed by atoms with E-state index in [-0.39, 0.29) is 18.0 Å². The highest BCUT2D eigenvalue weighted by Crippen LogP contribution is 2.17. The maximum atomic E-state index is 12.4. The molecule has 0 atom stereocenters. The van der Waals surface area contributed by atoms with Crippen LogP contribution in [0.5, 0.6) is 0 Å². The molecule has 1 fully saturated rings. The summed E-state index contributed by atoms with van der Waals surface area (Å²) in [4.78, 5) is 31.3. The molecule has 0 unspecified atom stereocenters. The Balaban J connectivity index is 1.37. The molecular formula is C19H20N6O2. The molecule has 0 saturated carbocycles. The maximum Gasteiger partial charge on any atom is 0.278 e. The van der Waals surface area contributed by atoms with Crippen LogP contribution in [0.15, 0.2) is 47.4 Å². The summed E-state index contributed by atoms with van der Waals surface area (Å²) in [5, 5.41) is 11.0. The Hall–Kier alpha value is -3.29. The number of aromatic nitrogens is 4. The molecule has 3 aromatic rings. The first-order valence-electron chi connectivity index (χ1n) is 9.00. The van der Waals surface area contributed by atoms with E-state index >= 15 is 0 Å². The van der Waals surface area contributed by atoms with Crippen LogP contribution in [-0.2, 0) is 17.9 Å². The number of amides is 1. The molecule has 1 saturated heterocycles. The summed E-state index contributed by atoms with van der Waals surface area (Å²) < 4.78 is 1.08. The lowest BCUT2D eigenvalue weighted by Crippen LogP contribution is -2.34. The van der Waals surface area contributed by atoms with Gasteiger partial charge in [-0.25, -0.2) is 9.67 Å². The average molecular weight is 364 g/mol. The van der Waals surface area contributed by atoms with E-state index in [1.54, 1.807) is 30.5 Å². The smallest absolute Gasteiger partial charge is 0.278 e. The highest BCUT2D eigenvalue weighted by atomic mass is 16.2. The van der Waals surface area contributed by atoms with Crippen LogP contribution in [0.2, 0.25) is 0 Å². The maximum absolute atomic E-state index is 12.4. The largest absolute Gasteiger partial charge is 0.357 e. The van der Waals surface area contributed by atoms with Crippen LogP contribution in [0, 0.1) is 0 Å². The van der Waals surface area contributed by atoms with Gasteiger partial charge >= 0.3 is 0 Å². The van der Waals surface area contributed by atoms with Crippen molar-refractivity contribution in [3.8, 4) is 0 Å². The molecule has 0 aliphatic carbocycles. The molecule has 8 nitrogen and oxygen atoms in total. The van der Waals surface area contributed by atoms with Crippen LogP contribution in [0.1, 0.15) is 18.4 Å². The van der Waals surface area contributed by atoms with Crippen molar-refractivity contribution in [1.82, 2.24) is 25.3 Å². The van der Waals surface area contributed by atoms with Gasteiger partial charge in [0.25, 0.3) is 5.56 Å². The number of hydrogen-bond acceptors (Lipinski definition) is 6. The van der Waals surface area contributed by atoms with E-state index in [9.17, 15) is 9.59 Å². The number of carbonyl (C=O) groups excluding carboxylic acids is 1. The molecule has 1 N–H and O–H groups in total. The van der Waals surface area contributed by atoms with Crippen molar-refractivity contribution < 1.29 is 4.79 Å². The number of benzene rings is 1. The van der Waals surface area contributed by atoms with Crippen molar-refractivity contribution in [2.75, 3.05) is 18.0 Å². The lowest BCUT2D eigenvalue weighted by Gasteiger charge is -2.16. The summed E-state index contributed by atoms with van der Waals surface area (Å²) in [5.41, 5.74) is 1.10. The Morgan fingerprint density at radius 1 is 1.11 bits per heavy atom. The normalized spacial score (nSPS) is 13.9. The van der Waals surface area contributed by atoms with E-state index in [1.807, 2.05) is 12.1 Å². The van der Waals surface area contributed by atoms with Crippen LogP contribution < -0.4 is 15.8 Å². The molecule has 3 heterocycles. The molecule has 0 spiro atoms. The minimum absolute atomic E-state index is 0.171. The molecule has 0 bridgehead atoms. The van der Waals surface area contributed by atoms with E-state index in [4.69, 9.17) is 0 Å². The van der Waals surface area contributed by atoms with Crippen molar-refractivity contribution in [3.05, 3.63) is 58.5 Å². The van der Waals surface area contributed by atoms with Crippen molar-refractivity contribution in [3.63, 3.8) is 0 Å². The Bertz CT molecular complexity index is 1010. The fraction of sp³-hybridized carbons (Fsp3) is 0.316. The van der Waals surface area contributed by atoms with Gasteiger partial charge in [0.2, 0.25) is 5.91 Å². The van der Waals surface area contributed by atoms with Gasteiger partial charge < -0.3 is 10.2 Å². The van der Waals surface area contributed by atoms with E-state index < -0.39 is 0 Å². The third-order valence-electron chi connectivity index (χ3n) is 4.65. The molecule has 8 heteroatoms. The molecule has 2 aromatic heterocycles. The van der Waals surface area contributed by atoms with Gasteiger partial charge in [0, 0.05) is 25.8 Å². The Labute approximate surface area is 155 Å². The second kappa shape index (κ2) is 7.53. The zero-order valence-corrected chi connectivity index (χ0v) is 14.8. The average Bonchev–Trinajstić information content (AvgIpc) is 3.24. The van der Waals surface area contributed by atoms with Gasteiger partial charge in [-0.15, -0.1) is 5.10 Å². The molecule has 1 amide bonds. The first-order valence-corrected chi connectivity index (χ1v) is 9.00. The summed E-state index contributed by atoms with van der Waals surface area (Å²) in [6.07, 6.45) is 4.18. The number of nitrogens with one attached hydrogen (secondary N) is 1. The van der Waals surface area contributed by atoms with Gasteiger partial charge in [0.1, 0.15) is 17.9 Å². The quantitative estimate of drug-likeness (QED) is 0.729. The number of nitrogens with zero attached hydrogens (tertiary/aromatic N) is 5. The van der Waals surface area contributed by atoms with Crippen LogP contribution in [0.4, 0.5) is 5.82 Å². The first-order chi connectivity index (χ1) is 13.2. The predicted octanol–water partition coefficient (Wildman–Crippen LogP) is 1.10. The summed E-state index contributed by atoms with van der Waals surface area (Å²) in [6, 6.07) is 10.9. The zero-order chi connectivity index (χ0) is 18.6. The highest BCUT2D eigenvalue weighted by Gasteiger charge is 2.13. The van der Waals surface area contributed by atoms with Gasteiger partial charge in [-0.1, -0.05) is 23.4 Å². The third-order valence-corrected chi connectivity index (χ3v) is 4.65. The number of fused-ring (bicyclic) bond motifs is 1. The van der Waals surface area contributed by atoms with Crippen LogP contribution in [0.25, 0.3) is 10.9 Å². The SMILES string of the molecule is O=C(Cn1nnc2ccccc2c1=O)NCc1ccc(N2CCCC2)nc1. The van der Waals surface area contributed by atoms with E-state index in [1.165, 1.54) is 12.8 Å². The standard InChI is InChI=1S/C19H20N6O2/c26-18(13-25-19(27)15-5-1-2-6-16(15)22-23-25)21-12-14-7-8-17(20-11-14)24-9-3-4-10-24/h1-2,5-8,11H,3-4,9-10,12-13H2,(H,21,26). The number of rotatable bonds is 5. The fourth-order valence-electron chi connectivity index (χ4n) is 3.17. The van der Waals surface area contributed by atoms with E-state index in [0.717, 1.165) is 29.2 Å². The minimum Gasteiger partial charge on any atom is -0.357 e. The number of pyridine rings is 1. The molecule has 4 rings (SSSR count). The Morgan fingerprint density at radius 3 is 2.70 bits per heavy atom. The second-order valence-corrected chi connectivity index (χ2v) is 6.56. The molecule has 1 aliphatic rings. The van der Waals surface area contributed by atoms with E-state index in [0.29, 0.717) is 17.4 Å². The molecule has 1 aromatic carbocycles. The fourth-order valence-corrected chi connectivity index (χ4v) is 3.17. The van der Waals surface area contributed by atoms with Crippen LogP contribution in [-0.4, -0.2) is 39.0 Å². The topological polar surface area (TPSA) is 93.0 Å². The molecule has 138 valence electrons. The molecule has 27 heavy (non-hydrogen) atoms. The summed E-state index contributed by atoms with van der Waals surface area (Å²) in [7, 11) is 0. The van der Waals surface area contributed by atoms with Gasteiger partial charge in [-0.05, 0) is 36.6 Å². The number of anilines is 1. The third kappa shape index (κ3) is 3.79. The number of carbonyl (C=O) groups is 1. The predicted molar refractivity (Wildman–Crippen MR) is 101 cm³/mol. The summed E-state index contributed by atoms with van der Waals surface area (Å²) in [6.45, 7) is 2.27. The van der Waals surface area contributed by atoms with Crippen molar-refractivity contribution in [2.24, 2.45) is 0 Å². The van der Waals surface area contributed by atoms with Gasteiger partial charge in [-0.3, -0.25) is 9.59 Å². The van der Waals surface area contributed by atoms with Crippen LogP contribution >= 0.6 is 0 Å². The Morgan fingerprint density at radius 2 is 1.93 bits per heavy atom. The van der Waals surface area contributed by atoms with Gasteiger partial charge in [0.05, 0.1) is 5.39 Å². The lowest BCUT2D eigenvalue weighted by molar-refractivity contribution is -0.122. The minimum atomic E-state index is -0.326. The summed E-state index contributed by atoms with van der Waals surface area (Å²) >= 11 is 0. The van der Waals surface area contributed by atoms with Crippen molar-refractivity contribution in [2.45, 2.75) is 25.9 Å². The second-order valence-electron chi connectivity index (χ2n) is 6.56. The summed E-state index contributed by atoms with van der Waals surface area (Å²) in [5.74, 6) is 0.672. The first kappa shape index (κ1) is 17.1. The Kier molecular flexibility index (Phi) is 4.78. The zero-order valence-electron chi connectivity index (χ0n) is 14.8. The molecular weight excluding hydrogens is 344 g/mol. The molecule has 1 aliphatic heterocycles. The number of hydrogen-bond donors (Lipinski definition) is 1. The lowest BCUT2D eigenvalue weighted by atomic mass is 10.2. The van der Waals surface area contributed by atoms with Crippen molar-refractivity contribution >= 4 is 22.6 Å².